The fourth-order valence-electron chi connectivity index (χ4n) is 1.40. The number of nitrogens with zero attached hydrogens (tertiary/aromatic N) is 1. The van der Waals surface area contributed by atoms with Crippen molar-refractivity contribution in [3.05, 3.63) is 28.8 Å². The number of ether oxygens (including phenoxy) is 1. The number of nitrogens with one attached hydrogen (secondary N) is 2. The van der Waals surface area contributed by atoms with Gasteiger partial charge < -0.3 is 10.1 Å². The number of hydrazine groups is 1. The minimum absolute atomic E-state index is 0.0884. The predicted octanol–water partition coefficient (Wildman–Crippen LogP) is 2.28. The molecule has 0 aliphatic rings. The molecule has 0 atom stereocenters. The third kappa shape index (κ3) is 5.28. The molecule has 0 heterocycles. The molecule has 0 unspecified atom stereocenters. The van der Waals surface area contributed by atoms with E-state index in [1.54, 1.807) is 0 Å². The van der Waals surface area contributed by atoms with Crippen molar-refractivity contribution >= 4 is 23.2 Å². The second-order valence-corrected chi connectivity index (χ2v) is 4.20. The van der Waals surface area contributed by atoms with Gasteiger partial charge in [-0.05, 0) is 19.4 Å². The molecule has 0 saturated heterocycles. The van der Waals surface area contributed by atoms with Gasteiger partial charge in [0.2, 0.25) is 5.96 Å². The summed E-state index contributed by atoms with van der Waals surface area (Å²) < 4.78 is 31.6. The van der Waals surface area contributed by atoms with Gasteiger partial charge in [-0.1, -0.05) is 11.6 Å². The van der Waals surface area contributed by atoms with Gasteiger partial charge in [-0.15, -0.1) is 0 Å². The van der Waals surface area contributed by atoms with Gasteiger partial charge in [0.1, 0.15) is 5.82 Å². The molecule has 0 amide bonds. The average Bonchev–Trinajstić information content (AvgIpc) is 2.40. The molecule has 0 radical (unpaired) electrons. The van der Waals surface area contributed by atoms with E-state index >= 15 is 0 Å². The maximum absolute atomic E-state index is 13.6. The molecule has 0 fully saturated rings. The minimum Gasteiger partial charge on any atom is -0.382 e. The zero-order valence-electron chi connectivity index (χ0n) is 11.0. The van der Waals surface area contributed by atoms with Crippen LogP contribution in [0.4, 0.5) is 14.5 Å². The van der Waals surface area contributed by atoms with Crippen LogP contribution in [-0.2, 0) is 4.74 Å². The van der Waals surface area contributed by atoms with Crippen LogP contribution in [-0.4, -0.2) is 25.7 Å². The highest BCUT2D eigenvalue weighted by molar-refractivity contribution is 6.33. The highest BCUT2D eigenvalue weighted by atomic mass is 35.5. The lowest BCUT2D eigenvalue weighted by Crippen LogP contribution is -2.36. The Morgan fingerprint density at radius 1 is 1.45 bits per heavy atom. The maximum atomic E-state index is 13.6. The number of guanidine groups is 1. The SMILES string of the molecule is CCOCCCN=C(NN)Nc1c(F)cc(F)cc1Cl. The molecule has 1 rings (SSSR count). The molecule has 0 bridgehead atoms. The van der Waals surface area contributed by atoms with Crippen molar-refractivity contribution in [2.75, 3.05) is 25.1 Å². The third-order valence-corrected chi connectivity index (χ3v) is 2.61. The molecule has 0 aliphatic carbocycles. The Labute approximate surface area is 121 Å². The smallest absolute Gasteiger partial charge is 0.210 e. The molecular weight excluding hydrogens is 290 g/mol. The van der Waals surface area contributed by atoms with Crippen LogP contribution in [0, 0.1) is 11.6 Å². The number of benzene rings is 1. The first-order valence-electron chi connectivity index (χ1n) is 6.08. The van der Waals surface area contributed by atoms with Crippen LogP contribution in [0.1, 0.15) is 13.3 Å². The number of rotatable bonds is 6. The van der Waals surface area contributed by atoms with E-state index in [0.717, 1.165) is 12.1 Å². The molecule has 4 N–H and O–H groups in total. The van der Waals surface area contributed by atoms with Crippen molar-refractivity contribution < 1.29 is 13.5 Å². The van der Waals surface area contributed by atoms with Gasteiger partial charge in [-0.2, -0.15) is 0 Å². The molecule has 5 nitrogen and oxygen atoms in total. The zero-order valence-corrected chi connectivity index (χ0v) is 11.8. The topological polar surface area (TPSA) is 71.7 Å². The van der Waals surface area contributed by atoms with E-state index in [2.05, 4.69) is 15.7 Å². The van der Waals surface area contributed by atoms with E-state index in [-0.39, 0.29) is 16.7 Å². The van der Waals surface area contributed by atoms with Crippen LogP contribution >= 0.6 is 11.6 Å². The predicted molar refractivity (Wildman–Crippen MR) is 75.7 cm³/mol. The van der Waals surface area contributed by atoms with Crippen molar-refractivity contribution in [3.8, 4) is 0 Å². The summed E-state index contributed by atoms with van der Waals surface area (Å²) in [7, 11) is 0. The van der Waals surface area contributed by atoms with Gasteiger partial charge >= 0.3 is 0 Å². The Morgan fingerprint density at radius 3 is 2.80 bits per heavy atom. The van der Waals surface area contributed by atoms with Crippen molar-refractivity contribution in [2.45, 2.75) is 13.3 Å². The number of halogens is 3. The summed E-state index contributed by atoms with van der Waals surface area (Å²) in [4.78, 5) is 4.08. The summed E-state index contributed by atoms with van der Waals surface area (Å²) in [6.45, 7) is 3.55. The summed E-state index contributed by atoms with van der Waals surface area (Å²) in [6.07, 6.45) is 0.695. The molecule has 0 spiro atoms. The van der Waals surface area contributed by atoms with Gasteiger partial charge in [0.25, 0.3) is 0 Å². The second kappa shape index (κ2) is 8.68. The summed E-state index contributed by atoms with van der Waals surface area (Å²) in [5, 5.41) is 2.49. The van der Waals surface area contributed by atoms with Crippen LogP contribution in [0.3, 0.4) is 0 Å². The molecule has 112 valence electrons. The van der Waals surface area contributed by atoms with Crippen molar-refractivity contribution in [1.29, 1.82) is 0 Å². The number of anilines is 1. The highest BCUT2D eigenvalue weighted by Gasteiger charge is 2.11. The first-order chi connectivity index (χ1) is 9.58. The molecule has 1 aromatic carbocycles. The Kier molecular flexibility index (Phi) is 7.21. The van der Waals surface area contributed by atoms with Gasteiger partial charge in [0.15, 0.2) is 5.82 Å². The number of nitrogens with two attached hydrogens (primary N) is 1. The maximum Gasteiger partial charge on any atom is 0.210 e. The summed E-state index contributed by atoms with van der Waals surface area (Å²) >= 11 is 5.75. The fourth-order valence-corrected chi connectivity index (χ4v) is 1.64. The first kappa shape index (κ1) is 16.6. The van der Waals surface area contributed by atoms with Gasteiger partial charge in [0, 0.05) is 25.8 Å². The molecule has 8 heteroatoms. The monoisotopic (exact) mass is 306 g/mol. The Balaban J connectivity index is 2.66. The van der Waals surface area contributed by atoms with Gasteiger partial charge in [-0.25, -0.2) is 14.6 Å². The average molecular weight is 307 g/mol. The summed E-state index contributed by atoms with van der Waals surface area (Å²) in [6, 6.07) is 1.72. The van der Waals surface area contributed by atoms with E-state index in [4.69, 9.17) is 22.2 Å². The van der Waals surface area contributed by atoms with Gasteiger partial charge in [0.05, 0.1) is 10.7 Å². The molecule has 0 aliphatic heterocycles. The zero-order chi connectivity index (χ0) is 15.0. The normalized spacial score (nSPS) is 11.6. The van der Waals surface area contributed by atoms with Crippen molar-refractivity contribution in [2.24, 2.45) is 10.8 Å². The lowest BCUT2D eigenvalue weighted by molar-refractivity contribution is 0.146. The Bertz CT molecular complexity index is 448. The van der Waals surface area contributed by atoms with Crippen LogP contribution < -0.4 is 16.6 Å². The van der Waals surface area contributed by atoms with E-state index in [0.29, 0.717) is 26.2 Å². The van der Waals surface area contributed by atoms with Crippen LogP contribution in [0.5, 0.6) is 0 Å². The van der Waals surface area contributed by atoms with Crippen LogP contribution in [0.25, 0.3) is 0 Å². The Morgan fingerprint density at radius 2 is 2.20 bits per heavy atom. The second-order valence-electron chi connectivity index (χ2n) is 3.79. The van der Waals surface area contributed by atoms with E-state index < -0.39 is 11.6 Å². The molecule has 0 saturated carbocycles. The lowest BCUT2D eigenvalue weighted by Gasteiger charge is -2.11. The quantitative estimate of drug-likeness (QED) is 0.248. The molecular formula is C12H17ClF2N4O. The Hall–Kier alpha value is -1.44. The number of hydrogen-bond acceptors (Lipinski definition) is 3. The van der Waals surface area contributed by atoms with E-state index in [1.807, 2.05) is 6.92 Å². The molecule has 0 aromatic heterocycles. The minimum atomic E-state index is -0.827. The third-order valence-electron chi connectivity index (χ3n) is 2.31. The number of aliphatic imine (C=N–C) groups is 1. The van der Waals surface area contributed by atoms with Crippen molar-refractivity contribution in [3.63, 3.8) is 0 Å². The highest BCUT2D eigenvalue weighted by Crippen LogP contribution is 2.26. The fraction of sp³-hybridized carbons (Fsp3) is 0.417. The summed E-state index contributed by atoms with van der Waals surface area (Å²) in [5.74, 6) is 3.83. The van der Waals surface area contributed by atoms with E-state index in [9.17, 15) is 8.78 Å². The molecule has 1 aromatic rings. The first-order valence-corrected chi connectivity index (χ1v) is 6.46. The largest absolute Gasteiger partial charge is 0.382 e. The van der Waals surface area contributed by atoms with Crippen LogP contribution in [0.15, 0.2) is 17.1 Å². The summed E-state index contributed by atoms with van der Waals surface area (Å²) in [5.41, 5.74) is 2.20. The standard InChI is InChI=1S/C12H17ClF2N4O/c1-2-20-5-3-4-17-12(19-16)18-11-9(13)6-8(14)7-10(11)15/h6-7H,2-5,16H2,1H3,(H2,17,18,19). The lowest BCUT2D eigenvalue weighted by atomic mass is 10.3. The van der Waals surface area contributed by atoms with E-state index in [1.165, 1.54) is 0 Å². The van der Waals surface area contributed by atoms with Gasteiger partial charge in [-0.3, -0.25) is 10.4 Å². The van der Waals surface area contributed by atoms with Crippen molar-refractivity contribution in [1.82, 2.24) is 5.43 Å². The number of hydrogen-bond donors (Lipinski definition) is 3. The molecule has 20 heavy (non-hydrogen) atoms. The van der Waals surface area contributed by atoms with Crippen LogP contribution in [0.2, 0.25) is 5.02 Å².